The molecule has 0 spiro atoms. The third kappa shape index (κ3) is 6.85. The van der Waals surface area contributed by atoms with Crippen LogP contribution in [0.3, 0.4) is 0 Å². The largest absolute Gasteiger partial charge is 0.450 e. The van der Waals surface area contributed by atoms with Crippen molar-refractivity contribution < 1.29 is 14.3 Å². The van der Waals surface area contributed by atoms with E-state index in [4.69, 9.17) is 16.3 Å². The lowest BCUT2D eigenvalue weighted by Gasteiger charge is -2.42. The number of hydrogen-bond acceptors (Lipinski definition) is 11. The van der Waals surface area contributed by atoms with Gasteiger partial charge in [0, 0.05) is 82.9 Å². The number of rotatable bonds is 8. The molecule has 3 saturated heterocycles. The molecule has 0 aliphatic carbocycles. The molecular weight excluding hydrogens is 684 g/mol. The summed E-state index contributed by atoms with van der Waals surface area (Å²) in [6.45, 7) is 10.4. The molecule has 0 unspecified atom stereocenters. The number of urea groups is 1. The Morgan fingerprint density at radius 2 is 1.71 bits per heavy atom. The number of aromatic nitrogens is 7. The number of nitrogens with zero attached hydrogens (tertiary/aromatic N) is 10. The average molecular weight is 725 g/mol. The number of carbonyl (C=O) groups is 2. The van der Waals surface area contributed by atoms with Crippen molar-refractivity contribution in [2.45, 2.75) is 39.2 Å². The van der Waals surface area contributed by atoms with E-state index >= 15 is 0 Å². The number of H-pyrrole nitrogens is 1. The van der Waals surface area contributed by atoms with Crippen LogP contribution < -0.4 is 24.8 Å². The summed E-state index contributed by atoms with van der Waals surface area (Å²) in [4.78, 5) is 54.3. The molecule has 52 heavy (non-hydrogen) atoms. The Hall–Kier alpha value is -5.28. The number of aromatic amines is 1. The molecule has 7 heterocycles. The average Bonchev–Trinajstić information content (AvgIpc) is 3.72. The van der Waals surface area contributed by atoms with Gasteiger partial charge in [0.25, 0.3) is 0 Å². The zero-order valence-electron chi connectivity index (χ0n) is 29.4. The van der Waals surface area contributed by atoms with Gasteiger partial charge in [-0.1, -0.05) is 11.6 Å². The SMILES string of the molecule is Cc1nn(C)cc1-c1nc2ncc(Cl)c(Oc3cnc(N4CCN(CC5CCN(c6ccc(N7CCC(=O)NC7=O)cc6)CC5)C[C@@H]4C)nc3)c2[nH]1. The topological polar surface area (TPSA) is 154 Å². The molecule has 2 N–H and O–H groups in total. The molecule has 0 saturated carbocycles. The highest BCUT2D eigenvalue weighted by atomic mass is 35.5. The number of pyridine rings is 1. The van der Waals surface area contributed by atoms with Crippen molar-refractivity contribution in [1.29, 1.82) is 0 Å². The fraction of sp³-hybridized carbons (Fsp3) is 0.417. The number of nitrogens with one attached hydrogen (secondary N) is 2. The minimum Gasteiger partial charge on any atom is -0.450 e. The second-order valence-electron chi connectivity index (χ2n) is 13.8. The van der Waals surface area contributed by atoms with Crippen LogP contribution in [0.25, 0.3) is 22.6 Å². The van der Waals surface area contributed by atoms with Crippen LogP contribution in [0, 0.1) is 12.8 Å². The first-order valence-corrected chi connectivity index (χ1v) is 18.1. The zero-order valence-corrected chi connectivity index (χ0v) is 30.2. The maximum absolute atomic E-state index is 12.2. The smallest absolute Gasteiger partial charge is 0.328 e. The summed E-state index contributed by atoms with van der Waals surface area (Å²) >= 11 is 6.54. The minimum absolute atomic E-state index is 0.222. The van der Waals surface area contributed by atoms with Crippen LogP contribution in [0.5, 0.6) is 11.5 Å². The second-order valence-corrected chi connectivity index (χ2v) is 14.3. The Labute approximate surface area is 305 Å². The normalized spacial score (nSPS) is 19.1. The van der Waals surface area contributed by atoms with E-state index in [2.05, 4.69) is 69.1 Å². The summed E-state index contributed by atoms with van der Waals surface area (Å²) in [5.41, 5.74) is 4.78. The first-order valence-electron chi connectivity index (χ1n) is 17.7. The van der Waals surface area contributed by atoms with Crippen molar-refractivity contribution in [1.82, 2.24) is 44.9 Å². The number of piperidine rings is 1. The molecule has 8 rings (SSSR count). The first-order chi connectivity index (χ1) is 25.2. The highest BCUT2D eigenvalue weighted by molar-refractivity contribution is 6.32. The molecule has 0 radical (unpaired) electrons. The number of hydrogen-bond donors (Lipinski definition) is 2. The Balaban J connectivity index is 0.836. The van der Waals surface area contributed by atoms with Gasteiger partial charge >= 0.3 is 6.03 Å². The number of carbonyl (C=O) groups excluding carboxylic acids is 2. The van der Waals surface area contributed by atoms with Gasteiger partial charge in [-0.15, -0.1) is 0 Å². The maximum atomic E-state index is 12.2. The van der Waals surface area contributed by atoms with Crippen molar-refractivity contribution in [2.75, 3.05) is 60.5 Å². The Kier molecular flexibility index (Phi) is 9.13. The predicted molar refractivity (Wildman–Crippen MR) is 198 cm³/mol. The molecule has 1 atom stereocenters. The second kappa shape index (κ2) is 14.0. The van der Waals surface area contributed by atoms with Crippen LogP contribution in [0.4, 0.5) is 22.1 Å². The lowest BCUT2D eigenvalue weighted by atomic mass is 9.95. The Morgan fingerprint density at radius 1 is 0.962 bits per heavy atom. The summed E-state index contributed by atoms with van der Waals surface area (Å²) in [6, 6.07) is 7.99. The highest BCUT2D eigenvalue weighted by Gasteiger charge is 2.29. The van der Waals surface area contributed by atoms with Crippen LogP contribution in [-0.4, -0.2) is 103 Å². The molecule has 3 amide bonds. The van der Waals surface area contributed by atoms with Crippen LogP contribution in [0.2, 0.25) is 5.02 Å². The highest BCUT2D eigenvalue weighted by Crippen LogP contribution is 2.36. The molecule has 16 heteroatoms. The molecule has 5 aromatic rings. The van der Waals surface area contributed by atoms with Gasteiger partial charge in [0.2, 0.25) is 11.9 Å². The number of ether oxygens (including phenoxy) is 1. The van der Waals surface area contributed by atoms with Crippen LogP contribution in [0.1, 0.15) is 31.9 Å². The minimum atomic E-state index is -0.356. The van der Waals surface area contributed by atoms with E-state index in [1.165, 1.54) is 6.20 Å². The zero-order chi connectivity index (χ0) is 35.9. The fourth-order valence-corrected chi connectivity index (χ4v) is 7.67. The molecule has 15 nitrogen and oxygen atoms in total. The van der Waals surface area contributed by atoms with Gasteiger partial charge in [-0.25, -0.2) is 24.7 Å². The van der Waals surface area contributed by atoms with E-state index < -0.39 is 0 Å². The lowest BCUT2D eigenvalue weighted by Crippen LogP contribution is -2.54. The van der Waals surface area contributed by atoms with Crippen LogP contribution >= 0.6 is 11.6 Å². The molecule has 3 fully saturated rings. The fourth-order valence-electron chi connectivity index (χ4n) is 7.49. The van der Waals surface area contributed by atoms with E-state index in [0.29, 0.717) is 58.3 Å². The predicted octanol–water partition coefficient (Wildman–Crippen LogP) is 4.78. The molecular formula is C36H41ClN12O3. The molecule has 3 aliphatic heterocycles. The number of amides is 3. The van der Waals surface area contributed by atoms with E-state index in [-0.39, 0.29) is 18.0 Å². The van der Waals surface area contributed by atoms with Crippen LogP contribution in [0.15, 0.2) is 49.1 Å². The van der Waals surface area contributed by atoms with Crippen molar-refractivity contribution in [3.05, 3.63) is 59.8 Å². The number of anilines is 3. The van der Waals surface area contributed by atoms with E-state index in [0.717, 1.165) is 74.7 Å². The quantitative estimate of drug-likeness (QED) is 0.227. The van der Waals surface area contributed by atoms with Gasteiger partial charge in [0.1, 0.15) is 16.4 Å². The van der Waals surface area contributed by atoms with Gasteiger partial charge in [0.15, 0.2) is 17.1 Å². The van der Waals surface area contributed by atoms with Crippen molar-refractivity contribution >= 4 is 52.0 Å². The van der Waals surface area contributed by atoms with E-state index in [1.807, 2.05) is 32.3 Å². The number of fused-ring (bicyclic) bond motifs is 1. The summed E-state index contributed by atoms with van der Waals surface area (Å²) in [6.07, 6.45) is 9.38. The molecule has 3 aliphatic rings. The Morgan fingerprint density at radius 3 is 2.40 bits per heavy atom. The van der Waals surface area contributed by atoms with Gasteiger partial charge in [-0.2, -0.15) is 5.10 Å². The van der Waals surface area contributed by atoms with E-state index in [9.17, 15) is 9.59 Å². The number of benzene rings is 1. The standard InChI is InChI=1S/C36H41ClN12O3/c1-22-19-46(20-24-8-11-47(12-9-24)25-4-6-26(7-5-25)49-13-10-30(50)41-36(49)51)14-15-48(22)35-39-16-27(17-40-35)52-32-29(37)18-38-34-31(32)42-33(43-34)28-21-45(3)44-23(28)2/h4-7,16-18,21-22,24H,8-15,19-20H2,1-3H3,(H,38,42,43)(H,41,50,51)/t22-/m0/s1. The van der Waals surface area contributed by atoms with Crippen molar-refractivity contribution in [3.8, 4) is 22.9 Å². The molecule has 1 aromatic carbocycles. The van der Waals surface area contributed by atoms with Gasteiger partial charge in [-0.3, -0.25) is 24.6 Å². The van der Waals surface area contributed by atoms with Crippen molar-refractivity contribution in [2.24, 2.45) is 13.0 Å². The number of halogens is 1. The molecule has 270 valence electrons. The molecule has 4 aromatic heterocycles. The number of imide groups is 1. The summed E-state index contributed by atoms with van der Waals surface area (Å²) in [7, 11) is 1.87. The lowest BCUT2D eigenvalue weighted by molar-refractivity contribution is -0.120. The van der Waals surface area contributed by atoms with Gasteiger partial charge in [-0.05, 0) is 56.9 Å². The third-order valence-electron chi connectivity index (χ3n) is 10.2. The maximum Gasteiger partial charge on any atom is 0.328 e. The number of imidazole rings is 1. The first kappa shape index (κ1) is 33.8. The Bertz CT molecular complexity index is 2090. The van der Waals surface area contributed by atoms with Crippen molar-refractivity contribution in [3.63, 3.8) is 0 Å². The summed E-state index contributed by atoms with van der Waals surface area (Å²) in [5, 5.41) is 7.15. The monoisotopic (exact) mass is 724 g/mol. The third-order valence-corrected chi connectivity index (χ3v) is 10.5. The summed E-state index contributed by atoms with van der Waals surface area (Å²) in [5.74, 6) is 2.61. The number of piperazine rings is 1. The molecule has 0 bridgehead atoms. The number of aryl methyl sites for hydroxylation is 2. The summed E-state index contributed by atoms with van der Waals surface area (Å²) < 4.78 is 7.95. The van der Waals surface area contributed by atoms with Crippen LogP contribution in [-0.2, 0) is 11.8 Å². The van der Waals surface area contributed by atoms with Gasteiger partial charge in [0.05, 0.1) is 29.8 Å². The van der Waals surface area contributed by atoms with E-state index in [1.54, 1.807) is 22.0 Å². The van der Waals surface area contributed by atoms with Gasteiger partial charge < -0.3 is 19.5 Å².